The summed E-state index contributed by atoms with van der Waals surface area (Å²) in [6, 6.07) is 9.90. The Hall–Kier alpha value is -1.83. The van der Waals surface area contributed by atoms with E-state index in [9.17, 15) is 4.79 Å². The highest BCUT2D eigenvalue weighted by molar-refractivity contribution is 6.12. The van der Waals surface area contributed by atoms with Gasteiger partial charge in [-0.15, -0.1) is 0 Å². The topological polar surface area (TPSA) is 26.3 Å². The second-order valence-electron chi connectivity index (χ2n) is 4.38. The van der Waals surface area contributed by atoms with Crippen molar-refractivity contribution in [3.63, 3.8) is 0 Å². The summed E-state index contributed by atoms with van der Waals surface area (Å²) in [5.41, 5.74) is 1.87. The van der Waals surface area contributed by atoms with Crippen molar-refractivity contribution in [1.29, 1.82) is 0 Å². The molecule has 2 nitrogen and oxygen atoms in total. The van der Waals surface area contributed by atoms with Crippen molar-refractivity contribution < 1.29 is 9.53 Å². The first-order valence-corrected chi connectivity index (χ1v) is 6.44. The molecule has 1 aromatic rings. The molecule has 0 spiro atoms. The lowest BCUT2D eigenvalue weighted by Gasteiger charge is -2.04. The number of Topliss-reactive ketones (excluding diaryl/α,β-unsaturated/α-hetero) is 1. The van der Waals surface area contributed by atoms with Gasteiger partial charge in [-0.25, -0.2) is 0 Å². The molecule has 0 amide bonds. The first-order chi connectivity index (χ1) is 8.81. The van der Waals surface area contributed by atoms with Gasteiger partial charge >= 0.3 is 0 Å². The monoisotopic (exact) mass is 242 g/mol. The molecule has 0 radical (unpaired) electrons. The van der Waals surface area contributed by atoms with E-state index in [0.717, 1.165) is 24.0 Å². The van der Waals surface area contributed by atoms with Crippen LogP contribution in [-0.2, 0) is 9.53 Å². The summed E-state index contributed by atoms with van der Waals surface area (Å²) < 4.78 is 5.49. The Morgan fingerprint density at radius 3 is 2.78 bits per heavy atom. The lowest BCUT2D eigenvalue weighted by atomic mass is 10.1. The number of ether oxygens (including phenoxy) is 1. The summed E-state index contributed by atoms with van der Waals surface area (Å²) in [5.74, 6) is 0.556. The van der Waals surface area contributed by atoms with Crippen LogP contribution in [0.25, 0.3) is 6.08 Å². The maximum atomic E-state index is 12.0. The smallest absolute Gasteiger partial charge is 0.223 e. The zero-order valence-corrected chi connectivity index (χ0v) is 10.7. The number of hydrogen-bond donors (Lipinski definition) is 0. The van der Waals surface area contributed by atoms with E-state index in [2.05, 4.69) is 6.92 Å². The Labute approximate surface area is 108 Å². The number of benzene rings is 1. The maximum absolute atomic E-state index is 12.0. The van der Waals surface area contributed by atoms with Gasteiger partial charge in [0.2, 0.25) is 5.78 Å². The van der Waals surface area contributed by atoms with E-state index in [0.29, 0.717) is 18.8 Å². The average Bonchev–Trinajstić information content (AvgIpc) is 2.73. The number of carbonyl (C=O) groups excluding carboxylic acids is 1. The van der Waals surface area contributed by atoms with E-state index in [4.69, 9.17) is 4.74 Å². The van der Waals surface area contributed by atoms with E-state index < -0.39 is 0 Å². The van der Waals surface area contributed by atoms with Gasteiger partial charge in [-0.1, -0.05) is 43.7 Å². The van der Waals surface area contributed by atoms with Gasteiger partial charge in [0, 0.05) is 5.57 Å². The Morgan fingerprint density at radius 1 is 1.28 bits per heavy atom. The highest BCUT2D eigenvalue weighted by atomic mass is 16.5. The van der Waals surface area contributed by atoms with Gasteiger partial charge in [-0.3, -0.25) is 4.79 Å². The fourth-order valence-corrected chi connectivity index (χ4v) is 1.87. The molecule has 0 N–H and O–H groups in total. The van der Waals surface area contributed by atoms with E-state index in [1.807, 2.05) is 42.5 Å². The summed E-state index contributed by atoms with van der Waals surface area (Å²) in [6.45, 7) is 2.74. The standard InChI is InChI=1S/C16H18O2/c1-2-3-11-18-15-10-9-14(16(15)17)12-13-7-5-4-6-8-13/h4-8,10,12H,2-3,9,11H2,1H3. The number of carbonyl (C=O) groups is 1. The number of hydrogen-bond acceptors (Lipinski definition) is 2. The zero-order valence-electron chi connectivity index (χ0n) is 10.7. The summed E-state index contributed by atoms with van der Waals surface area (Å²) in [5, 5.41) is 0. The van der Waals surface area contributed by atoms with Gasteiger partial charge in [0.25, 0.3) is 0 Å². The van der Waals surface area contributed by atoms with E-state index in [1.54, 1.807) is 0 Å². The third-order valence-corrected chi connectivity index (χ3v) is 2.92. The van der Waals surface area contributed by atoms with Crippen LogP contribution in [0.1, 0.15) is 31.7 Å². The first kappa shape index (κ1) is 12.6. The van der Waals surface area contributed by atoms with Crippen LogP contribution in [0.2, 0.25) is 0 Å². The van der Waals surface area contributed by atoms with Gasteiger partial charge in [-0.2, -0.15) is 0 Å². The summed E-state index contributed by atoms with van der Waals surface area (Å²) in [6.07, 6.45) is 6.56. The lowest BCUT2D eigenvalue weighted by Crippen LogP contribution is -2.04. The molecule has 0 unspecified atom stereocenters. The molecule has 0 fully saturated rings. The normalized spacial score (nSPS) is 17.1. The number of allylic oxidation sites excluding steroid dienone is 2. The molecule has 0 saturated carbocycles. The van der Waals surface area contributed by atoms with Crippen molar-refractivity contribution in [2.24, 2.45) is 0 Å². The van der Waals surface area contributed by atoms with E-state index in [1.165, 1.54) is 0 Å². The molecule has 1 aliphatic rings. The van der Waals surface area contributed by atoms with Crippen LogP contribution in [-0.4, -0.2) is 12.4 Å². The highest BCUT2D eigenvalue weighted by Crippen LogP contribution is 2.23. The van der Waals surface area contributed by atoms with Crippen LogP contribution < -0.4 is 0 Å². The van der Waals surface area contributed by atoms with Gasteiger partial charge in [0.1, 0.15) is 0 Å². The molecule has 18 heavy (non-hydrogen) atoms. The Kier molecular flexibility index (Phi) is 4.35. The van der Waals surface area contributed by atoms with Crippen LogP contribution in [0, 0.1) is 0 Å². The van der Waals surface area contributed by atoms with Crippen LogP contribution in [0.5, 0.6) is 0 Å². The fraction of sp³-hybridized carbons (Fsp3) is 0.312. The van der Waals surface area contributed by atoms with Crippen molar-refractivity contribution in [3.05, 3.63) is 53.3 Å². The minimum absolute atomic E-state index is 0.0370. The van der Waals surface area contributed by atoms with E-state index >= 15 is 0 Å². The molecule has 0 saturated heterocycles. The van der Waals surface area contributed by atoms with Gasteiger partial charge in [0.15, 0.2) is 5.76 Å². The van der Waals surface area contributed by atoms with Crippen molar-refractivity contribution in [3.8, 4) is 0 Å². The molecular formula is C16H18O2. The molecule has 0 aromatic heterocycles. The third kappa shape index (κ3) is 3.10. The Bertz CT molecular complexity index is 469. The van der Waals surface area contributed by atoms with Crippen LogP contribution in [0.4, 0.5) is 0 Å². The molecule has 2 rings (SSSR count). The summed E-state index contributed by atoms with van der Waals surface area (Å²) >= 11 is 0. The second kappa shape index (κ2) is 6.20. The third-order valence-electron chi connectivity index (χ3n) is 2.92. The van der Waals surface area contributed by atoms with Crippen molar-refractivity contribution in [2.45, 2.75) is 26.2 Å². The molecule has 0 aliphatic heterocycles. The molecule has 0 heterocycles. The van der Waals surface area contributed by atoms with Crippen LogP contribution in [0.3, 0.4) is 0 Å². The molecule has 1 aliphatic carbocycles. The molecule has 2 heteroatoms. The summed E-state index contributed by atoms with van der Waals surface area (Å²) in [7, 11) is 0. The van der Waals surface area contributed by atoms with Crippen molar-refractivity contribution in [1.82, 2.24) is 0 Å². The summed E-state index contributed by atoms with van der Waals surface area (Å²) in [4.78, 5) is 12.0. The fourth-order valence-electron chi connectivity index (χ4n) is 1.87. The number of rotatable bonds is 5. The number of unbranched alkanes of at least 4 members (excludes halogenated alkanes) is 1. The predicted octanol–water partition coefficient (Wildman–Crippen LogP) is 3.74. The molecular weight excluding hydrogens is 224 g/mol. The average molecular weight is 242 g/mol. The molecule has 0 atom stereocenters. The van der Waals surface area contributed by atoms with Gasteiger partial charge in [-0.05, 0) is 30.6 Å². The van der Waals surface area contributed by atoms with Crippen LogP contribution in [0.15, 0.2) is 47.7 Å². The quantitative estimate of drug-likeness (QED) is 0.580. The SMILES string of the molecule is CCCCOC1=CCC(=Cc2ccccc2)C1=O. The molecule has 94 valence electrons. The highest BCUT2D eigenvalue weighted by Gasteiger charge is 2.22. The van der Waals surface area contributed by atoms with Crippen LogP contribution >= 0.6 is 0 Å². The minimum Gasteiger partial charge on any atom is -0.490 e. The Morgan fingerprint density at radius 2 is 2.06 bits per heavy atom. The largest absolute Gasteiger partial charge is 0.490 e. The Balaban J connectivity index is 1.99. The van der Waals surface area contributed by atoms with Gasteiger partial charge in [0.05, 0.1) is 6.61 Å². The lowest BCUT2D eigenvalue weighted by molar-refractivity contribution is -0.114. The van der Waals surface area contributed by atoms with Crippen molar-refractivity contribution >= 4 is 11.9 Å². The number of ketones is 1. The predicted molar refractivity (Wildman–Crippen MR) is 73.0 cm³/mol. The van der Waals surface area contributed by atoms with E-state index in [-0.39, 0.29) is 5.78 Å². The van der Waals surface area contributed by atoms with Crippen molar-refractivity contribution in [2.75, 3.05) is 6.61 Å². The molecule has 0 bridgehead atoms. The minimum atomic E-state index is 0.0370. The second-order valence-corrected chi connectivity index (χ2v) is 4.38. The molecule has 1 aromatic carbocycles. The first-order valence-electron chi connectivity index (χ1n) is 6.44. The van der Waals surface area contributed by atoms with Gasteiger partial charge < -0.3 is 4.74 Å². The zero-order chi connectivity index (χ0) is 12.8. The maximum Gasteiger partial charge on any atom is 0.223 e.